The van der Waals surface area contributed by atoms with Crippen LogP contribution in [0.25, 0.3) is 0 Å². The standard InChI is InChI=1S/C10H12FN5O2S/c1-16-6-13-9(15-16)5-14-19(17,18)8-4-2-3-7(11)10(8)12/h2-4,6,14H,5,12H2,1H3. The third-order valence-electron chi connectivity index (χ3n) is 2.37. The molecule has 19 heavy (non-hydrogen) atoms. The first-order chi connectivity index (χ1) is 8.90. The van der Waals surface area contributed by atoms with E-state index in [9.17, 15) is 12.8 Å². The molecule has 0 aliphatic rings. The van der Waals surface area contributed by atoms with Crippen LogP contribution in [0.2, 0.25) is 0 Å². The Morgan fingerprint density at radius 2 is 2.21 bits per heavy atom. The van der Waals surface area contributed by atoms with Crippen molar-refractivity contribution >= 4 is 15.7 Å². The molecule has 0 atom stereocenters. The second-order valence-corrected chi connectivity index (χ2v) is 5.55. The van der Waals surface area contributed by atoms with Gasteiger partial charge in [0.25, 0.3) is 0 Å². The van der Waals surface area contributed by atoms with Crippen molar-refractivity contribution in [1.82, 2.24) is 19.5 Å². The zero-order valence-electron chi connectivity index (χ0n) is 10.0. The number of nitrogen functional groups attached to an aromatic ring is 1. The molecule has 9 heteroatoms. The summed E-state index contributed by atoms with van der Waals surface area (Å²) in [4.78, 5) is 3.57. The van der Waals surface area contributed by atoms with E-state index >= 15 is 0 Å². The van der Waals surface area contributed by atoms with Crippen LogP contribution in [-0.4, -0.2) is 23.2 Å². The molecule has 0 aliphatic carbocycles. The second-order valence-electron chi connectivity index (χ2n) is 3.81. The molecule has 102 valence electrons. The number of nitrogens with two attached hydrogens (primary N) is 1. The van der Waals surface area contributed by atoms with Crippen LogP contribution in [-0.2, 0) is 23.6 Å². The summed E-state index contributed by atoms with van der Waals surface area (Å²) in [7, 11) is -2.24. The maximum atomic E-state index is 13.2. The average molecular weight is 285 g/mol. The highest BCUT2D eigenvalue weighted by Gasteiger charge is 2.19. The minimum atomic E-state index is -3.91. The lowest BCUT2D eigenvalue weighted by atomic mass is 10.3. The van der Waals surface area contributed by atoms with Gasteiger partial charge in [-0.3, -0.25) is 4.68 Å². The number of hydrogen-bond donors (Lipinski definition) is 2. The van der Waals surface area contributed by atoms with Crippen molar-refractivity contribution < 1.29 is 12.8 Å². The fraction of sp³-hybridized carbons (Fsp3) is 0.200. The second kappa shape index (κ2) is 4.94. The molecule has 1 heterocycles. The molecule has 2 rings (SSSR count). The van der Waals surface area contributed by atoms with Crippen molar-refractivity contribution in [2.24, 2.45) is 7.05 Å². The third-order valence-corrected chi connectivity index (χ3v) is 3.83. The van der Waals surface area contributed by atoms with Gasteiger partial charge in [0, 0.05) is 7.05 Å². The molecule has 0 aliphatic heterocycles. The topological polar surface area (TPSA) is 103 Å². The predicted molar refractivity (Wildman–Crippen MR) is 65.8 cm³/mol. The first-order valence-corrected chi connectivity index (χ1v) is 6.76. The zero-order chi connectivity index (χ0) is 14.0. The summed E-state index contributed by atoms with van der Waals surface area (Å²) in [5.41, 5.74) is 5.00. The summed E-state index contributed by atoms with van der Waals surface area (Å²) in [5, 5.41) is 3.92. The molecule has 0 radical (unpaired) electrons. The molecule has 0 saturated carbocycles. The van der Waals surface area contributed by atoms with E-state index in [-0.39, 0.29) is 11.4 Å². The van der Waals surface area contributed by atoms with Crippen molar-refractivity contribution in [1.29, 1.82) is 0 Å². The monoisotopic (exact) mass is 285 g/mol. The predicted octanol–water partition coefficient (Wildman–Crippen LogP) is 0.0149. The van der Waals surface area contributed by atoms with Crippen molar-refractivity contribution in [3.8, 4) is 0 Å². The summed E-state index contributed by atoms with van der Waals surface area (Å²) >= 11 is 0. The van der Waals surface area contributed by atoms with Crippen LogP contribution in [0.15, 0.2) is 29.4 Å². The molecule has 7 nitrogen and oxygen atoms in total. The Labute approximate surface area is 109 Å². The summed E-state index contributed by atoms with van der Waals surface area (Å²) in [5.74, 6) is -0.472. The Kier molecular flexibility index (Phi) is 3.49. The number of anilines is 1. The van der Waals surface area contributed by atoms with Crippen LogP contribution >= 0.6 is 0 Å². The van der Waals surface area contributed by atoms with Crippen molar-refractivity contribution in [2.75, 3.05) is 5.73 Å². The Morgan fingerprint density at radius 3 is 2.84 bits per heavy atom. The Morgan fingerprint density at radius 1 is 1.47 bits per heavy atom. The van der Waals surface area contributed by atoms with E-state index in [1.807, 2.05) is 0 Å². The normalized spacial score (nSPS) is 11.7. The molecule has 3 N–H and O–H groups in total. The molecule has 0 spiro atoms. The number of halogens is 1. The van der Waals surface area contributed by atoms with Gasteiger partial charge in [0.1, 0.15) is 17.0 Å². The first-order valence-electron chi connectivity index (χ1n) is 5.28. The molecular weight excluding hydrogens is 273 g/mol. The van der Waals surface area contributed by atoms with Crippen LogP contribution in [0.3, 0.4) is 0 Å². The van der Waals surface area contributed by atoms with Crippen LogP contribution in [0.4, 0.5) is 10.1 Å². The van der Waals surface area contributed by atoms with Gasteiger partial charge in [-0.25, -0.2) is 22.5 Å². The molecule has 0 fully saturated rings. The summed E-state index contributed by atoms with van der Waals surface area (Å²) in [6.07, 6.45) is 1.44. The lowest BCUT2D eigenvalue weighted by Crippen LogP contribution is -2.25. The molecule has 1 aromatic heterocycles. The van der Waals surface area contributed by atoms with E-state index in [4.69, 9.17) is 5.73 Å². The van der Waals surface area contributed by atoms with Gasteiger partial charge in [0.2, 0.25) is 10.0 Å². The smallest absolute Gasteiger partial charge is 0.243 e. The van der Waals surface area contributed by atoms with E-state index < -0.39 is 21.5 Å². The Hall–Kier alpha value is -2.00. The van der Waals surface area contributed by atoms with E-state index in [1.165, 1.54) is 23.1 Å². The Balaban J connectivity index is 2.21. The molecule has 2 aromatic rings. The average Bonchev–Trinajstić information content (AvgIpc) is 2.76. The lowest BCUT2D eigenvalue weighted by Gasteiger charge is -2.08. The van der Waals surface area contributed by atoms with E-state index in [0.29, 0.717) is 5.82 Å². The van der Waals surface area contributed by atoms with Crippen molar-refractivity contribution in [3.05, 3.63) is 36.2 Å². The molecule has 0 saturated heterocycles. The van der Waals surface area contributed by atoms with E-state index in [0.717, 1.165) is 6.07 Å². The number of para-hydroxylation sites is 1. The summed E-state index contributed by atoms with van der Waals surface area (Å²) in [6, 6.07) is 3.60. The quantitative estimate of drug-likeness (QED) is 0.771. The van der Waals surface area contributed by atoms with Crippen LogP contribution in [0, 0.1) is 5.82 Å². The highest BCUT2D eigenvalue weighted by molar-refractivity contribution is 7.89. The van der Waals surface area contributed by atoms with Crippen LogP contribution in [0.1, 0.15) is 5.82 Å². The van der Waals surface area contributed by atoms with Gasteiger partial charge in [0.15, 0.2) is 5.82 Å². The minimum absolute atomic E-state index is 0.0981. The van der Waals surface area contributed by atoms with Crippen molar-refractivity contribution in [3.63, 3.8) is 0 Å². The van der Waals surface area contributed by atoms with Gasteiger partial charge in [0.05, 0.1) is 12.2 Å². The van der Waals surface area contributed by atoms with Gasteiger partial charge >= 0.3 is 0 Å². The number of hydrogen-bond acceptors (Lipinski definition) is 5. The van der Waals surface area contributed by atoms with Gasteiger partial charge in [-0.2, -0.15) is 5.10 Å². The number of nitrogens with zero attached hydrogens (tertiary/aromatic N) is 3. The molecule has 0 amide bonds. The number of benzene rings is 1. The fourth-order valence-electron chi connectivity index (χ4n) is 1.45. The van der Waals surface area contributed by atoms with E-state index in [1.54, 1.807) is 7.05 Å². The maximum Gasteiger partial charge on any atom is 0.243 e. The molecule has 1 aromatic carbocycles. The number of nitrogens with one attached hydrogen (secondary N) is 1. The van der Waals surface area contributed by atoms with Crippen molar-refractivity contribution in [2.45, 2.75) is 11.4 Å². The molecular formula is C10H12FN5O2S. The van der Waals surface area contributed by atoms with Gasteiger partial charge in [-0.1, -0.05) is 6.07 Å². The summed E-state index contributed by atoms with van der Waals surface area (Å²) in [6.45, 7) is -0.0981. The SMILES string of the molecule is Cn1cnc(CNS(=O)(=O)c2cccc(F)c2N)n1. The highest BCUT2D eigenvalue weighted by Crippen LogP contribution is 2.20. The van der Waals surface area contributed by atoms with Crippen LogP contribution < -0.4 is 10.5 Å². The number of rotatable bonds is 4. The summed E-state index contributed by atoms with van der Waals surface area (Å²) < 4.78 is 40.9. The maximum absolute atomic E-state index is 13.2. The highest BCUT2D eigenvalue weighted by atomic mass is 32.2. The van der Waals surface area contributed by atoms with Gasteiger partial charge in [-0.05, 0) is 12.1 Å². The Bertz CT molecular complexity index is 698. The van der Waals surface area contributed by atoms with Gasteiger partial charge in [-0.15, -0.1) is 0 Å². The molecule has 0 unspecified atom stereocenters. The minimum Gasteiger partial charge on any atom is -0.395 e. The lowest BCUT2D eigenvalue weighted by molar-refractivity contribution is 0.576. The molecule has 0 bridgehead atoms. The zero-order valence-corrected chi connectivity index (χ0v) is 10.9. The number of aryl methyl sites for hydroxylation is 1. The first kappa shape index (κ1) is 13.4. The fourth-order valence-corrected chi connectivity index (χ4v) is 2.57. The number of aromatic nitrogens is 3. The van der Waals surface area contributed by atoms with Gasteiger partial charge < -0.3 is 5.73 Å². The van der Waals surface area contributed by atoms with Crippen LogP contribution in [0.5, 0.6) is 0 Å². The largest absolute Gasteiger partial charge is 0.395 e. The number of sulfonamides is 1. The van der Waals surface area contributed by atoms with E-state index in [2.05, 4.69) is 14.8 Å². The third kappa shape index (κ3) is 2.88.